The number of carbonyl (C=O) groups is 2. The zero-order valence-electron chi connectivity index (χ0n) is 13.6. The smallest absolute Gasteiger partial charge is 0.307 e. The third-order valence-corrected chi connectivity index (χ3v) is 4.83. The molecular formula is C18H17Cl2NO3S. The van der Waals surface area contributed by atoms with E-state index in [0.717, 1.165) is 4.90 Å². The summed E-state index contributed by atoms with van der Waals surface area (Å²) in [5.41, 5.74) is 1.50. The summed E-state index contributed by atoms with van der Waals surface area (Å²) in [6, 6.07) is 12.9. The van der Waals surface area contributed by atoms with Gasteiger partial charge in [0.05, 0.1) is 22.2 Å². The maximum absolute atomic E-state index is 11.8. The van der Waals surface area contributed by atoms with Gasteiger partial charge in [0.2, 0.25) is 0 Å². The normalized spacial score (nSPS) is 10.4. The molecule has 0 saturated carbocycles. The molecule has 0 aliphatic rings. The van der Waals surface area contributed by atoms with Crippen LogP contribution in [0.2, 0.25) is 10.0 Å². The molecule has 0 aromatic heterocycles. The molecule has 0 aliphatic heterocycles. The second-order valence-corrected chi connectivity index (χ2v) is 7.20. The fourth-order valence-corrected chi connectivity index (χ4v) is 3.22. The summed E-state index contributed by atoms with van der Waals surface area (Å²) in [6.45, 7) is 1.64. The maximum atomic E-state index is 11.8. The van der Waals surface area contributed by atoms with Crippen LogP contribution in [-0.2, 0) is 14.3 Å². The van der Waals surface area contributed by atoms with Gasteiger partial charge in [-0.1, -0.05) is 47.0 Å². The Hall–Kier alpha value is -1.69. The first-order valence-corrected chi connectivity index (χ1v) is 9.29. The summed E-state index contributed by atoms with van der Waals surface area (Å²) in [4.78, 5) is 24.6. The topological polar surface area (TPSA) is 55.4 Å². The lowest BCUT2D eigenvalue weighted by Gasteiger charge is -2.09. The van der Waals surface area contributed by atoms with Gasteiger partial charge in [-0.05, 0) is 31.2 Å². The number of para-hydroxylation sites is 1. The highest BCUT2D eigenvalue weighted by atomic mass is 35.5. The first kappa shape index (κ1) is 19.6. The molecule has 0 aliphatic carbocycles. The van der Waals surface area contributed by atoms with Crippen molar-refractivity contribution in [2.24, 2.45) is 0 Å². The Morgan fingerprint density at radius 3 is 2.36 bits per heavy atom. The van der Waals surface area contributed by atoms with Crippen LogP contribution in [-0.4, -0.2) is 24.2 Å². The Bertz CT molecular complexity index is 730. The van der Waals surface area contributed by atoms with Gasteiger partial charge in [0, 0.05) is 10.6 Å². The lowest BCUT2D eigenvalue weighted by atomic mass is 10.2. The number of rotatable bonds is 7. The minimum Gasteiger partial charge on any atom is -0.456 e. The molecule has 0 atom stereocenters. The summed E-state index contributed by atoms with van der Waals surface area (Å²) in [6.07, 6.45) is 0.221. The van der Waals surface area contributed by atoms with E-state index >= 15 is 0 Å². The highest BCUT2D eigenvalue weighted by molar-refractivity contribution is 7.99. The van der Waals surface area contributed by atoms with E-state index in [1.807, 2.05) is 31.2 Å². The summed E-state index contributed by atoms with van der Waals surface area (Å²) in [7, 11) is 0. The minimum atomic E-state index is -0.491. The molecule has 0 heterocycles. The zero-order chi connectivity index (χ0) is 18.2. The number of amides is 1. The summed E-state index contributed by atoms with van der Waals surface area (Å²) >= 11 is 13.5. The lowest BCUT2D eigenvalue weighted by Crippen LogP contribution is -2.21. The molecule has 0 unspecified atom stereocenters. The van der Waals surface area contributed by atoms with E-state index < -0.39 is 11.9 Å². The first-order chi connectivity index (χ1) is 12.0. The van der Waals surface area contributed by atoms with Crippen LogP contribution >= 0.6 is 35.0 Å². The number of aryl methyl sites for hydroxylation is 1. The Labute approximate surface area is 160 Å². The monoisotopic (exact) mass is 397 g/mol. The Morgan fingerprint density at radius 1 is 1.08 bits per heavy atom. The molecule has 4 nitrogen and oxygen atoms in total. The average molecular weight is 398 g/mol. The molecule has 2 aromatic carbocycles. The van der Waals surface area contributed by atoms with E-state index in [0.29, 0.717) is 21.5 Å². The standard InChI is InChI=1S/C18H17Cl2NO3S/c1-12-5-7-13(8-6-12)25-10-9-17(23)24-11-16(22)21-18-14(19)3-2-4-15(18)20/h2-8H,9-11H2,1H3,(H,21,22). The molecule has 1 N–H and O–H groups in total. The Balaban J connectivity index is 1.70. The number of ether oxygens (including phenoxy) is 1. The molecule has 132 valence electrons. The van der Waals surface area contributed by atoms with Gasteiger partial charge in [-0.25, -0.2) is 0 Å². The fourth-order valence-electron chi connectivity index (χ4n) is 1.90. The van der Waals surface area contributed by atoms with Crippen molar-refractivity contribution in [1.82, 2.24) is 0 Å². The molecule has 1 amide bonds. The second kappa shape index (κ2) is 9.70. The van der Waals surface area contributed by atoms with Crippen LogP contribution in [0.5, 0.6) is 0 Å². The van der Waals surface area contributed by atoms with Crippen molar-refractivity contribution in [3.63, 3.8) is 0 Å². The summed E-state index contributed by atoms with van der Waals surface area (Å²) in [5, 5.41) is 3.18. The highest BCUT2D eigenvalue weighted by Crippen LogP contribution is 2.29. The van der Waals surface area contributed by atoms with Crippen LogP contribution in [0.1, 0.15) is 12.0 Å². The van der Waals surface area contributed by atoms with E-state index in [1.165, 1.54) is 5.56 Å². The van der Waals surface area contributed by atoms with Crippen molar-refractivity contribution in [1.29, 1.82) is 0 Å². The van der Waals surface area contributed by atoms with Crippen molar-refractivity contribution in [2.75, 3.05) is 17.7 Å². The highest BCUT2D eigenvalue weighted by Gasteiger charge is 2.12. The van der Waals surface area contributed by atoms with Gasteiger partial charge in [0.25, 0.3) is 5.91 Å². The molecule has 25 heavy (non-hydrogen) atoms. The van der Waals surface area contributed by atoms with Gasteiger partial charge in [0.15, 0.2) is 6.61 Å². The van der Waals surface area contributed by atoms with Crippen LogP contribution in [0, 0.1) is 6.92 Å². The number of halogens is 2. The molecule has 0 radical (unpaired) electrons. The van der Waals surface area contributed by atoms with Crippen LogP contribution in [0.25, 0.3) is 0 Å². The minimum absolute atomic E-state index is 0.221. The average Bonchev–Trinajstić information content (AvgIpc) is 2.58. The number of benzene rings is 2. The van der Waals surface area contributed by atoms with Crippen LogP contribution in [0.3, 0.4) is 0 Å². The number of hydrogen-bond acceptors (Lipinski definition) is 4. The number of thioether (sulfide) groups is 1. The fraction of sp³-hybridized carbons (Fsp3) is 0.222. The first-order valence-electron chi connectivity index (χ1n) is 7.54. The lowest BCUT2D eigenvalue weighted by molar-refractivity contribution is -0.146. The third-order valence-electron chi connectivity index (χ3n) is 3.19. The SMILES string of the molecule is Cc1ccc(SCCC(=O)OCC(=O)Nc2c(Cl)cccc2Cl)cc1. The van der Waals surface area contributed by atoms with Gasteiger partial charge < -0.3 is 10.1 Å². The summed E-state index contributed by atoms with van der Waals surface area (Å²) in [5.74, 6) is -0.339. The molecule has 0 saturated heterocycles. The molecule has 2 rings (SSSR count). The van der Waals surface area contributed by atoms with Crippen molar-refractivity contribution >= 4 is 52.5 Å². The van der Waals surface area contributed by atoms with Gasteiger partial charge in [-0.3, -0.25) is 9.59 Å². The van der Waals surface area contributed by atoms with Crippen molar-refractivity contribution in [3.05, 3.63) is 58.1 Å². The molecule has 0 spiro atoms. The third kappa shape index (κ3) is 6.61. The number of hydrogen-bond donors (Lipinski definition) is 1. The van der Waals surface area contributed by atoms with Crippen molar-refractivity contribution in [3.8, 4) is 0 Å². The quantitative estimate of drug-likeness (QED) is 0.529. The number of nitrogens with one attached hydrogen (secondary N) is 1. The van der Waals surface area contributed by atoms with Gasteiger partial charge >= 0.3 is 5.97 Å². The predicted molar refractivity (Wildman–Crippen MR) is 103 cm³/mol. The number of carbonyl (C=O) groups excluding carboxylic acids is 2. The largest absolute Gasteiger partial charge is 0.456 e. The Morgan fingerprint density at radius 2 is 1.72 bits per heavy atom. The molecule has 0 fully saturated rings. The molecule has 7 heteroatoms. The van der Waals surface area contributed by atoms with Crippen molar-refractivity contribution in [2.45, 2.75) is 18.2 Å². The molecule has 0 bridgehead atoms. The number of esters is 1. The van der Waals surface area contributed by atoms with E-state index in [-0.39, 0.29) is 13.0 Å². The van der Waals surface area contributed by atoms with Gasteiger partial charge in [0.1, 0.15) is 0 Å². The van der Waals surface area contributed by atoms with Crippen molar-refractivity contribution < 1.29 is 14.3 Å². The summed E-state index contributed by atoms with van der Waals surface area (Å²) < 4.78 is 4.96. The van der Waals surface area contributed by atoms with Gasteiger partial charge in [-0.15, -0.1) is 11.8 Å². The Kier molecular flexibility index (Phi) is 7.62. The van der Waals surface area contributed by atoms with E-state index in [1.54, 1.807) is 30.0 Å². The molecular weight excluding hydrogens is 381 g/mol. The van der Waals surface area contributed by atoms with E-state index in [9.17, 15) is 9.59 Å². The van der Waals surface area contributed by atoms with Crippen LogP contribution in [0.4, 0.5) is 5.69 Å². The van der Waals surface area contributed by atoms with Gasteiger partial charge in [-0.2, -0.15) is 0 Å². The zero-order valence-corrected chi connectivity index (χ0v) is 15.9. The second-order valence-electron chi connectivity index (χ2n) is 5.22. The maximum Gasteiger partial charge on any atom is 0.307 e. The molecule has 2 aromatic rings. The van der Waals surface area contributed by atoms with E-state index in [2.05, 4.69) is 5.32 Å². The predicted octanol–water partition coefficient (Wildman–Crippen LogP) is 4.97. The van der Waals surface area contributed by atoms with Crippen LogP contribution in [0.15, 0.2) is 47.4 Å². The van der Waals surface area contributed by atoms with Crippen LogP contribution < -0.4 is 5.32 Å². The van der Waals surface area contributed by atoms with E-state index in [4.69, 9.17) is 27.9 Å². The number of anilines is 1.